The number of nitrogens with zero attached hydrogens (tertiary/aromatic N) is 6. The molecule has 8 nitrogen and oxygen atoms in total. The van der Waals surface area contributed by atoms with Crippen molar-refractivity contribution in [2.45, 2.75) is 6.92 Å². The minimum Gasteiger partial charge on any atom is -0.352 e. The maximum atomic E-state index is 12.6. The number of piperazine rings is 1. The maximum absolute atomic E-state index is 12.6. The van der Waals surface area contributed by atoms with Crippen molar-refractivity contribution in [3.63, 3.8) is 0 Å². The summed E-state index contributed by atoms with van der Waals surface area (Å²) < 4.78 is 0.798. The van der Waals surface area contributed by atoms with Gasteiger partial charge in [0.05, 0.1) is 5.56 Å². The maximum Gasteiger partial charge on any atom is 0.255 e. The van der Waals surface area contributed by atoms with Gasteiger partial charge >= 0.3 is 0 Å². The van der Waals surface area contributed by atoms with Crippen molar-refractivity contribution in [1.29, 1.82) is 0 Å². The number of nitrogens with one attached hydrogen (secondary N) is 1. The van der Waals surface area contributed by atoms with Crippen LogP contribution in [0.2, 0.25) is 0 Å². The molecular weight excluding hydrogens is 434 g/mol. The number of pyridine rings is 2. The van der Waals surface area contributed by atoms with Gasteiger partial charge in [0.25, 0.3) is 5.91 Å². The Kier molecular flexibility index (Phi) is 5.66. The van der Waals surface area contributed by atoms with Crippen LogP contribution in [0, 0.1) is 6.92 Å². The fraction of sp³-hybridized carbons (Fsp3) is 0.250. The Morgan fingerprint density at radius 3 is 2.55 bits per heavy atom. The second-order valence-corrected chi connectivity index (χ2v) is 7.65. The van der Waals surface area contributed by atoms with E-state index >= 15 is 0 Å². The molecule has 0 atom stereocenters. The highest BCUT2D eigenvalue weighted by Crippen LogP contribution is 2.18. The summed E-state index contributed by atoms with van der Waals surface area (Å²) in [6.45, 7) is 4.60. The Morgan fingerprint density at radius 2 is 1.86 bits per heavy atom. The predicted octanol–water partition coefficient (Wildman–Crippen LogP) is 3.04. The Bertz CT molecular complexity index is 1000. The molecule has 0 unspecified atom stereocenters. The Balaban J connectivity index is 1.35. The van der Waals surface area contributed by atoms with Gasteiger partial charge in [0.15, 0.2) is 11.6 Å². The highest BCUT2D eigenvalue weighted by Gasteiger charge is 2.23. The van der Waals surface area contributed by atoms with Crippen LogP contribution in [0.4, 0.5) is 17.5 Å². The van der Waals surface area contributed by atoms with E-state index in [1.807, 2.05) is 42.2 Å². The lowest BCUT2D eigenvalue weighted by Crippen LogP contribution is -2.49. The van der Waals surface area contributed by atoms with E-state index in [-0.39, 0.29) is 5.91 Å². The molecule has 1 amide bonds. The van der Waals surface area contributed by atoms with E-state index in [1.165, 1.54) is 0 Å². The van der Waals surface area contributed by atoms with E-state index in [2.05, 4.69) is 46.3 Å². The average Bonchev–Trinajstić information content (AvgIpc) is 2.74. The molecule has 1 saturated heterocycles. The van der Waals surface area contributed by atoms with Gasteiger partial charge in [-0.3, -0.25) is 9.78 Å². The molecule has 148 valence electrons. The van der Waals surface area contributed by atoms with Gasteiger partial charge in [-0.15, -0.1) is 10.2 Å². The molecule has 1 aliphatic heterocycles. The van der Waals surface area contributed by atoms with Gasteiger partial charge in [-0.1, -0.05) is 6.07 Å². The summed E-state index contributed by atoms with van der Waals surface area (Å²) in [5.74, 6) is 2.17. The van der Waals surface area contributed by atoms with Crippen LogP contribution in [0.3, 0.4) is 0 Å². The first-order valence-corrected chi connectivity index (χ1v) is 10.1. The number of amides is 1. The van der Waals surface area contributed by atoms with E-state index in [0.717, 1.165) is 21.8 Å². The van der Waals surface area contributed by atoms with Crippen LogP contribution >= 0.6 is 15.9 Å². The second kappa shape index (κ2) is 8.52. The minimum atomic E-state index is -0.00487. The van der Waals surface area contributed by atoms with Crippen molar-refractivity contribution in [3.05, 3.63) is 64.5 Å². The number of carbonyl (C=O) groups is 1. The average molecular weight is 454 g/mol. The van der Waals surface area contributed by atoms with Gasteiger partial charge in [0, 0.05) is 48.7 Å². The summed E-state index contributed by atoms with van der Waals surface area (Å²) in [6, 6.07) is 11.4. The zero-order chi connectivity index (χ0) is 20.2. The number of halogens is 1. The van der Waals surface area contributed by atoms with Crippen molar-refractivity contribution in [2.75, 3.05) is 36.4 Å². The summed E-state index contributed by atoms with van der Waals surface area (Å²) in [7, 11) is 0. The van der Waals surface area contributed by atoms with Crippen molar-refractivity contribution in [3.8, 4) is 0 Å². The third-order valence-corrected chi connectivity index (χ3v) is 5.07. The van der Waals surface area contributed by atoms with Crippen molar-refractivity contribution in [2.24, 2.45) is 0 Å². The first-order chi connectivity index (χ1) is 14.1. The molecule has 9 heteroatoms. The smallest absolute Gasteiger partial charge is 0.255 e. The summed E-state index contributed by atoms with van der Waals surface area (Å²) in [5.41, 5.74) is 1.53. The molecule has 0 spiro atoms. The van der Waals surface area contributed by atoms with E-state index in [0.29, 0.717) is 37.6 Å². The molecular formula is C20H20BrN7O. The molecule has 0 bridgehead atoms. The number of anilines is 3. The SMILES string of the molecule is Cc1cccc(Nc2ccc(N3CCN(C(=O)c4cncc(Br)c4)CC3)nn2)n1. The number of hydrogen-bond donors (Lipinski definition) is 1. The number of carbonyl (C=O) groups excluding carboxylic acids is 1. The summed E-state index contributed by atoms with van der Waals surface area (Å²) in [6.07, 6.45) is 3.26. The molecule has 0 radical (unpaired) electrons. The zero-order valence-electron chi connectivity index (χ0n) is 15.9. The largest absolute Gasteiger partial charge is 0.352 e. The van der Waals surface area contributed by atoms with Gasteiger partial charge in [0.2, 0.25) is 0 Å². The fourth-order valence-corrected chi connectivity index (χ4v) is 3.52. The lowest BCUT2D eigenvalue weighted by Gasteiger charge is -2.35. The lowest BCUT2D eigenvalue weighted by molar-refractivity contribution is 0.0746. The van der Waals surface area contributed by atoms with Gasteiger partial charge in [0.1, 0.15) is 5.82 Å². The Hall–Kier alpha value is -3.07. The molecule has 3 aromatic rings. The number of aromatic nitrogens is 4. The second-order valence-electron chi connectivity index (χ2n) is 6.74. The molecule has 0 saturated carbocycles. The quantitative estimate of drug-likeness (QED) is 0.649. The predicted molar refractivity (Wildman–Crippen MR) is 114 cm³/mol. The van der Waals surface area contributed by atoms with Crippen LogP contribution in [-0.4, -0.2) is 57.2 Å². The van der Waals surface area contributed by atoms with E-state index in [4.69, 9.17) is 0 Å². The monoisotopic (exact) mass is 453 g/mol. The molecule has 4 rings (SSSR count). The lowest BCUT2D eigenvalue weighted by atomic mass is 10.2. The van der Waals surface area contributed by atoms with Crippen molar-refractivity contribution in [1.82, 2.24) is 25.1 Å². The van der Waals surface area contributed by atoms with Crippen LogP contribution in [0.25, 0.3) is 0 Å². The van der Waals surface area contributed by atoms with Gasteiger partial charge < -0.3 is 15.1 Å². The van der Waals surface area contributed by atoms with E-state index < -0.39 is 0 Å². The molecule has 1 fully saturated rings. The molecule has 29 heavy (non-hydrogen) atoms. The minimum absolute atomic E-state index is 0.00487. The van der Waals surface area contributed by atoms with Crippen molar-refractivity contribution >= 4 is 39.3 Å². The first-order valence-electron chi connectivity index (χ1n) is 9.28. The normalized spacial score (nSPS) is 14.0. The third kappa shape index (κ3) is 4.68. The van der Waals surface area contributed by atoms with Crippen LogP contribution in [-0.2, 0) is 0 Å². The van der Waals surface area contributed by atoms with Crippen LogP contribution < -0.4 is 10.2 Å². The van der Waals surface area contributed by atoms with Crippen LogP contribution in [0.1, 0.15) is 16.1 Å². The van der Waals surface area contributed by atoms with Crippen LogP contribution in [0.15, 0.2) is 53.3 Å². The topological polar surface area (TPSA) is 87.1 Å². The number of aryl methyl sites for hydroxylation is 1. The molecule has 3 aromatic heterocycles. The number of rotatable bonds is 4. The summed E-state index contributed by atoms with van der Waals surface area (Å²) in [4.78, 5) is 25.1. The summed E-state index contributed by atoms with van der Waals surface area (Å²) in [5, 5.41) is 11.7. The van der Waals surface area contributed by atoms with E-state index in [1.54, 1.807) is 18.5 Å². The van der Waals surface area contributed by atoms with Gasteiger partial charge in [-0.25, -0.2) is 4.98 Å². The highest BCUT2D eigenvalue weighted by molar-refractivity contribution is 9.10. The Morgan fingerprint density at radius 1 is 1.03 bits per heavy atom. The Labute approximate surface area is 177 Å². The first kappa shape index (κ1) is 19.3. The number of hydrogen-bond acceptors (Lipinski definition) is 7. The summed E-state index contributed by atoms with van der Waals surface area (Å²) >= 11 is 3.36. The molecule has 0 aliphatic carbocycles. The van der Waals surface area contributed by atoms with Gasteiger partial charge in [-0.2, -0.15) is 0 Å². The van der Waals surface area contributed by atoms with E-state index in [9.17, 15) is 4.79 Å². The molecule has 4 heterocycles. The molecule has 1 N–H and O–H groups in total. The van der Waals surface area contributed by atoms with Gasteiger partial charge in [-0.05, 0) is 53.2 Å². The molecule has 1 aliphatic rings. The highest BCUT2D eigenvalue weighted by atomic mass is 79.9. The molecule has 0 aromatic carbocycles. The zero-order valence-corrected chi connectivity index (χ0v) is 17.5. The van der Waals surface area contributed by atoms with Crippen LogP contribution in [0.5, 0.6) is 0 Å². The standard InChI is InChI=1S/C20H20BrN7O/c1-14-3-2-4-17(23-14)24-18-5-6-19(26-25-18)27-7-9-28(10-8-27)20(29)15-11-16(21)13-22-12-15/h2-6,11-13H,7-10H2,1H3,(H,23,24,25). The third-order valence-electron chi connectivity index (χ3n) is 4.64. The van der Waals surface area contributed by atoms with Crippen molar-refractivity contribution < 1.29 is 4.79 Å². The fourth-order valence-electron chi connectivity index (χ4n) is 3.15.